The van der Waals surface area contributed by atoms with Gasteiger partial charge in [-0.05, 0) is 34.0 Å². The molecule has 0 radical (unpaired) electrons. The van der Waals surface area contributed by atoms with E-state index in [0.717, 1.165) is 17.5 Å². The zero-order valence-corrected chi connectivity index (χ0v) is 14.3. The van der Waals surface area contributed by atoms with Crippen LogP contribution in [0.1, 0.15) is 17.5 Å². The first-order valence-electron chi connectivity index (χ1n) is 8.66. The summed E-state index contributed by atoms with van der Waals surface area (Å²) in [5, 5.41) is 8.15. The Bertz CT molecular complexity index is 966. The van der Waals surface area contributed by atoms with E-state index in [-0.39, 0.29) is 0 Å². The Morgan fingerprint density at radius 1 is 0.808 bits per heavy atom. The van der Waals surface area contributed by atoms with Gasteiger partial charge < -0.3 is 4.84 Å². The average molecular weight is 341 g/mol. The molecule has 4 nitrogen and oxygen atoms in total. The minimum Gasteiger partial charge on any atom is -0.395 e. The van der Waals surface area contributed by atoms with Crippen LogP contribution in [0.2, 0.25) is 0 Å². The Labute approximate surface area is 152 Å². The molecular formula is C22H19N3O. The molecule has 3 aromatic carbocycles. The van der Waals surface area contributed by atoms with Crippen LogP contribution < -0.4 is 4.84 Å². The number of aromatic nitrogens is 3. The Kier molecular flexibility index (Phi) is 4.74. The van der Waals surface area contributed by atoms with Gasteiger partial charge in [0, 0.05) is 6.42 Å². The molecule has 1 heterocycles. The number of rotatable bonds is 6. The third kappa shape index (κ3) is 3.49. The third-order valence-corrected chi connectivity index (χ3v) is 4.17. The molecule has 0 spiro atoms. The summed E-state index contributed by atoms with van der Waals surface area (Å²) in [6.45, 7) is 0.524. The monoisotopic (exact) mass is 341 g/mol. The van der Waals surface area contributed by atoms with Gasteiger partial charge in [-0.25, -0.2) is 0 Å². The Balaban J connectivity index is 1.51. The van der Waals surface area contributed by atoms with Crippen molar-refractivity contribution in [2.24, 2.45) is 0 Å². The summed E-state index contributed by atoms with van der Waals surface area (Å²) >= 11 is 0. The molecule has 128 valence electrons. The maximum absolute atomic E-state index is 5.78. The highest BCUT2D eigenvalue weighted by Gasteiger charge is 2.05. The van der Waals surface area contributed by atoms with E-state index in [1.165, 1.54) is 21.5 Å². The number of fused-ring (bicyclic) bond motifs is 1. The molecule has 0 aliphatic heterocycles. The van der Waals surface area contributed by atoms with Gasteiger partial charge in [0.05, 0.1) is 0 Å². The van der Waals surface area contributed by atoms with Crippen molar-refractivity contribution in [1.82, 2.24) is 15.2 Å². The summed E-state index contributed by atoms with van der Waals surface area (Å²) in [7, 11) is 0. The van der Waals surface area contributed by atoms with Crippen LogP contribution in [0, 0.1) is 0 Å². The summed E-state index contributed by atoms with van der Waals surface area (Å²) in [6.07, 6.45) is 2.98. The lowest BCUT2D eigenvalue weighted by molar-refractivity contribution is 0.0910. The smallest absolute Gasteiger partial charge is 0.130 e. The zero-order chi connectivity index (χ0) is 17.6. The molecule has 0 aliphatic rings. The zero-order valence-electron chi connectivity index (χ0n) is 14.3. The van der Waals surface area contributed by atoms with Gasteiger partial charge in [-0.1, -0.05) is 83.7 Å². The highest BCUT2D eigenvalue weighted by Crippen LogP contribution is 2.23. The Morgan fingerprint density at radius 3 is 2.12 bits per heavy atom. The number of para-hydroxylation sites is 1. The van der Waals surface area contributed by atoms with E-state index in [1.54, 1.807) is 0 Å². The molecule has 0 N–H and O–H groups in total. The number of nitrogens with zero attached hydrogens (tertiary/aromatic N) is 3. The van der Waals surface area contributed by atoms with Crippen molar-refractivity contribution in [2.75, 3.05) is 6.61 Å². The van der Waals surface area contributed by atoms with Gasteiger partial charge >= 0.3 is 0 Å². The van der Waals surface area contributed by atoms with Crippen LogP contribution in [0.4, 0.5) is 0 Å². The molecule has 0 amide bonds. The second kappa shape index (κ2) is 7.66. The summed E-state index contributed by atoms with van der Waals surface area (Å²) in [5.41, 5.74) is 5.31. The minimum absolute atomic E-state index is 0.524. The molecule has 0 saturated heterocycles. The van der Waals surface area contributed by atoms with Crippen molar-refractivity contribution in [1.29, 1.82) is 0 Å². The topological polar surface area (TPSA) is 39.9 Å². The first-order valence-corrected chi connectivity index (χ1v) is 8.66. The second-order valence-electron chi connectivity index (χ2n) is 5.92. The fourth-order valence-electron chi connectivity index (χ4n) is 2.92. The Hall–Kier alpha value is -3.40. The van der Waals surface area contributed by atoms with Crippen LogP contribution in [-0.2, 0) is 0 Å². The first kappa shape index (κ1) is 16.1. The fourth-order valence-corrected chi connectivity index (χ4v) is 2.92. The molecule has 0 fully saturated rings. The van der Waals surface area contributed by atoms with Gasteiger partial charge in [0.15, 0.2) is 0 Å². The standard InChI is InChI=1S/C22H19N3O/c1-3-10-18(11-4-1)20(19-12-5-2-6-13-19)14-9-17-26-25-22-16-8-7-15-21(22)23-24-25/h1-8,10-16H,9,17H2. The highest BCUT2D eigenvalue weighted by molar-refractivity contribution is 5.79. The summed E-state index contributed by atoms with van der Waals surface area (Å²) in [6, 6.07) is 28.6. The summed E-state index contributed by atoms with van der Waals surface area (Å²) in [4.78, 5) is 7.27. The van der Waals surface area contributed by atoms with E-state index >= 15 is 0 Å². The maximum atomic E-state index is 5.78. The molecular weight excluding hydrogens is 322 g/mol. The van der Waals surface area contributed by atoms with Crippen molar-refractivity contribution >= 4 is 16.6 Å². The van der Waals surface area contributed by atoms with E-state index < -0.39 is 0 Å². The Morgan fingerprint density at radius 2 is 1.42 bits per heavy atom. The van der Waals surface area contributed by atoms with Crippen molar-refractivity contribution in [3.05, 3.63) is 102 Å². The molecule has 0 saturated carbocycles. The van der Waals surface area contributed by atoms with Gasteiger partial charge in [0.2, 0.25) is 0 Å². The van der Waals surface area contributed by atoms with Gasteiger partial charge in [0.1, 0.15) is 17.6 Å². The van der Waals surface area contributed by atoms with E-state index in [0.29, 0.717) is 6.61 Å². The van der Waals surface area contributed by atoms with E-state index in [1.807, 2.05) is 36.4 Å². The van der Waals surface area contributed by atoms with Gasteiger partial charge in [-0.15, -0.1) is 5.10 Å². The van der Waals surface area contributed by atoms with Gasteiger partial charge in [0.25, 0.3) is 0 Å². The fraction of sp³-hybridized carbons (Fsp3) is 0.0909. The quantitative estimate of drug-likeness (QED) is 0.489. The van der Waals surface area contributed by atoms with Crippen molar-refractivity contribution in [3.8, 4) is 0 Å². The summed E-state index contributed by atoms with van der Waals surface area (Å²) in [5.74, 6) is 0. The first-order chi connectivity index (χ1) is 12.9. The van der Waals surface area contributed by atoms with Crippen LogP contribution in [0.5, 0.6) is 0 Å². The van der Waals surface area contributed by atoms with Crippen LogP contribution in [-0.4, -0.2) is 21.8 Å². The van der Waals surface area contributed by atoms with Gasteiger partial charge in [-0.2, -0.15) is 0 Å². The SMILES string of the molecule is C(CCOn1nnc2ccccc21)=C(c1ccccc1)c1ccccc1. The molecule has 4 aromatic rings. The van der Waals surface area contributed by atoms with Crippen LogP contribution in [0.25, 0.3) is 16.6 Å². The molecule has 0 unspecified atom stereocenters. The third-order valence-electron chi connectivity index (χ3n) is 4.17. The largest absolute Gasteiger partial charge is 0.395 e. The predicted octanol–water partition coefficient (Wildman–Crippen LogP) is 4.38. The molecule has 0 bridgehead atoms. The maximum Gasteiger partial charge on any atom is 0.130 e. The average Bonchev–Trinajstić information content (AvgIpc) is 3.12. The number of benzene rings is 3. The number of hydrogen-bond acceptors (Lipinski definition) is 3. The van der Waals surface area contributed by atoms with E-state index in [2.05, 4.69) is 64.9 Å². The van der Waals surface area contributed by atoms with Crippen LogP contribution in [0.3, 0.4) is 0 Å². The molecule has 0 atom stereocenters. The van der Waals surface area contributed by atoms with Crippen molar-refractivity contribution in [3.63, 3.8) is 0 Å². The lowest BCUT2D eigenvalue weighted by Gasteiger charge is -2.09. The number of hydrogen-bond donors (Lipinski definition) is 0. The molecule has 26 heavy (non-hydrogen) atoms. The van der Waals surface area contributed by atoms with E-state index in [4.69, 9.17) is 4.84 Å². The van der Waals surface area contributed by atoms with Crippen molar-refractivity contribution in [2.45, 2.75) is 6.42 Å². The minimum atomic E-state index is 0.524. The van der Waals surface area contributed by atoms with Crippen molar-refractivity contribution < 1.29 is 4.84 Å². The second-order valence-corrected chi connectivity index (χ2v) is 5.92. The molecule has 4 rings (SSSR count). The lowest BCUT2D eigenvalue weighted by atomic mass is 9.97. The summed E-state index contributed by atoms with van der Waals surface area (Å²) < 4.78 is 0. The highest BCUT2D eigenvalue weighted by atomic mass is 16.7. The lowest BCUT2D eigenvalue weighted by Crippen LogP contribution is -2.13. The van der Waals surface area contributed by atoms with E-state index in [9.17, 15) is 0 Å². The molecule has 4 heteroatoms. The molecule has 0 aliphatic carbocycles. The van der Waals surface area contributed by atoms with Crippen LogP contribution >= 0.6 is 0 Å². The normalized spacial score (nSPS) is 10.6. The molecule has 1 aromatic heterocycles. The van der Waals surface area contributed by atoms with Gasteiger partial charge in [-0.3, -0.25) is 0 Å². The van der Waals surface area contributed by atoms with Crippen LogP contribution in [0.15, 0.2) is 91.0 Å². The predicted molar refractivity (Wildman–Crippen MR) is 104 cm³/mol.